The molecule has 0 amide bonds. The summed E-state index contributed by atoms with van der Waals surface area (Å²) in [6.07, 6.45) is 3.65. The maximum atomic E-state index is 5.10. The molecule has 1 aromatic rings. The summed E-state index contributed by atoms with van der Waals surface area (Å²) in [7, 11) is 0. The molecule has 70 valence electrons. The molecule has 3 nitrogen and oxygen atoms in total. The Morgan fingerprint density at radius 3 is 2.69 bits per heavy atom. The second kappa shape index (κ2) is 3.85. The van der Waals surface area contributed by atoms with E-state index in [0.717, 1.165) is 13.2 Å². The molecule has 2 heterocycles. The first-order valence-electron chi connectivity index (χ1n) is 4.60. The normalized spacial score (nSPS) is 19.5. The van der Waals surface area contributed by atoms with Crippen LogP contribution in [0, 0.1) is 0 Å². The summed E-state index contributed by atoms with van der Waals surface area (Å²) in [5.41, 5.74) is 1.28. The second-order valence-electron chi connectivity index (χ2n) is 3.40. The van der Waals surface area contributed by atoms with Crippen molar-refractivity contribution in [3.05, 3.63) is 30.1 Å². The lowest BCUT2D eigenvalue weighted by molar-refractivity contribution is -0.00925. The van der Waals surface area contributed by atoms with Crippen molar-refractivity contribution < 1.29 is 4.74 Å². The second-order valence-corrected chi connectivity index (χ2v) is 3.40. The molecular weight excluding hydrogens is 164 g/mol. The lowest BCUT2D eigenvalue weighted by Gasteiger charge is -2.30. The quantitative estimate of drug-likeness (QED) is 0.753. The number of ether oxygens (including phenoxy) is 1. The van der Waals surface area contributed by atoms with E-state index in [2.05, 4.69) is 17.2 Å². The summed E-state index contributed by atoms with van der Waals surface area (Å²) in [6, 6.07) is 4.99. The Hall–Kier alpha value is -0.930. The van der Waals surface area contributed by atoms with Crippen LogP contribution >= 0.6 is 0 Å². The maximum absolute atomic E-state index is 5.10. The summed E-state index contributed by atoms with van der Waals surface area (Å²) >= 11 is 0. The van der Waals surface area contributed by atoms with Gasteiger partial charge in [-0.1, -0.05) is 0 Å². The Bertz CT molecular complexity index is 259. The van der Waals surface area contributed by atoms with Crippen molar-refractivity contribution in [1.29, 1.82) is 0 Å². The summed E-state index contributed by atoms with van der Waals surface area (Å²) in [6.45, 7) is 3.85. The Morgan fingerprint density at radius 1 is 1.46 bits per heavy atom. The van der Waals surface area contributed by atoms with Crippen molar-refractivity contribution in [2.24, 2.45) is 0 Å². The Kier molecular flexibility index (Phi) is 2.57. The molecule has 0 spiro atoms. The zero-order valence-corrected chi connectivity index (χ0v) is 7.73. The highest BCUT2D eigenvalue weighted by atomic mass is 16.5. The molecule has 1 aromatic heterocycles. The third-order valence-electron chi connectivity index (χ3n) is 2.33. The van der Waals surface area contributed by atoms with E-state index in [4.69, 9.17) is 4.74 Å². The van der Waals surface area contributed by atoms with E-state index in [1.165, 1.54) is 5.56 Å². The molecule has 3 heteroatoms. The summed E-state index contributed by atoms with van der Waals surface area (Å²) in [4.78, 5) is 3.99. The highest BCUT2D eigenvalue weighted by Gasteiger charge is 2.20. The lowest BCUT2D eigenvalue weighted by atomic mass is 10.1. The van der Waals surface area contributed by atoms with Gasteiger partial charge in [0, 0.05) is 18.4 Å². The number of nitrogens with one attached hydrogen (secondary N) is 1. The van der Waals surface area contributed by atoms with Gasteiger partial charge in [0.25, 0.3) is 0 Å². The SMILES string of the molecule is CC(NC1COC1)c1ccncc1. The summed E-state index contributed by atoms with van der Waals surface area (Å²) in [5.74, 6) is 0. The van der Waals surface area contributed by atoms with Crippen molar-refractivity contribution >= 4 is 0 Å². The van der Waals surface area contributed by atoms with Gasteiger partial charge >= 0.3 is 0 Å². The van der Waals surface area contributed by atoms with Crippen LogP contribution in [0.25, 0.3) is 0 Å². The van der Waals surface area contributed by atoms with Crippen molar-refractivity contribution in [1.82, 2.24) is 10.3 Å². The topological polar surface area (TPSA) is 34.1 Å². The van der Waals surface area contributed by atoms with Gasteiger partial charge in [-0.25, -0.2) is 0 Å². The van der Waals surface area contributed by atoms with Gasteiger partial charge in [-0.3, -0.25) is 4.98 Å². The molecule has 1 fully saturated rings. The average Bonchev–Trinajstić information content (AvgIpc) is 2.12. The van der Waals surface area contributed by atoms with E-state index < -0.39 is 0 Å². The standard InChI is InChI=1S/C10H14N2O/c1-8(12-10-6-13-7-10)9-2-4-11-5-3-9/h2-5,8,10,12H,6-7H2,1H3. The van der Waals surface area contributed by atoms with Gasteiger partial charge in [0.1, 0.15) is 0 Å². The van der Waals surface area contributed by atoms with E-state index >= 15 is 0 Å². The van der Waals surface area contributed by atoms with Gasteiger partial charge < -0.3 is 10.1 Å². The van der Waals surface area contributed by atoms with Crippen LogP contribution in [-0.2, 0) is 4.74 Å². The third kappa shape index (κ3) is 2.05. The number of hydrogen-bond acceptors (Lipinski definition) is 3. The average molecular weight is 178 g/mol. The van der Waals surface area contributed by atoms with Gasteiger partial charge in [-0.15, -0.1) is 0 Å². The van der Waals surface area contributed by atoms with E-state index in [-0.39, 0.29) is 0 Å². The van der Waals surface area contributed by atoms with Crippen molar-refractivity contribution in [2.45, 2.75) is 19.0 Å². The zero-order valence-electron chi connectivity index (χ0n) is 7.73. The minimum Gasteiger partial charge on any atom is -0.378 e. The van der Waals surface area contributed by atoms with Crippen LogP contribution < -0.4 is 5.32 Å². The van der Waals surface area contributed by atoms with Crippen LogP contribution in [0.2, 0.25) is 0 Å². The molecule has 0 aliphatic carbocycles. The molecule has 13 heavy (non-hydrogen) atoms. The lowest BCUT2D eigenvalue weighted by Crippen LogP contribution is -2.46. The molecule has 0 bridgehead atoms. The fraction of sp³-hybridized carbons (Fsp3) is 0.500. The van der Waals surface area contributed by atoms with Gasteiger partial charge in [0.15, 0.2) is 0 Å². The Morgan fingerprint density at radius 2 is 2.15 bits per heavy atom. The largest absolute Gasteiger partial charge is 0.378 e. The zero-order chi connectivity index (χ0) is 9.10. The van der Waals surface area contributed by atoms with E-state index in [0.29, 0.717) is 12.1 Å². The summed E-state index contributed by atoms with van der Waals surface area (Å²) in [5, 5.41) is 3.48. The summed E-state index contributed by atoms with van der Waals surface area (Å²) < 4.78 is 5.10. The van der Waals surface area contributed by atoms with Crippen LogP contribution in [0.5, 0.6) is 0 Å². The molecule has 1 aliphatic heterocycles. The predicted molar refractivity (Wildman–Crippen MR) is 50.4 cm³/mol. The minimum atomic E-state index is 0.386. The molecule has 1 unspecified atom stereocenters. The van der Waals surface area contributed by atoms with Crippen LogP contribution in [-0.4, -0.2) is 24.2 Å². The number of pyridine rings is 1. The Balaban J connectivity index is 1.92. The van der Waals surface area contributed by atoms with Crippen LogP contribution in [0.15, 0.2) is 24.5 Å². The fourth-order valence-corrected chi connectivity index (χ4v) is 1.43. The molecule has 0 saturated carbocycles. The van der Waals surface area contributed by atoms with Crippen molar-refractivity contribution in [2.75, 3.05) is 13.2 Å². The van der Waals surface area contributed by atoms with Gasteiger partial charge in [0.05, 0.1) is 19.3 Å². The number of rotatable bonds is 3. The van der Waals surface area contributed by atoms with Crippen LogP contribution in [0.1, 0.15) is 18.5 Å². The molecular formula is C10H14N2O. The van der Waals surface area contributed by atoms with Crippen molar-refractivity contribution in [3.63, 3.8) is 0 Å². The van der Waals surface area contributed by atoms with Crippen LogP contribution in [0.4, 0.5) is 0 Å². The molecule has 1 aliphatic rings. The third-order valence-corrected chi connectivity index (χ3v) is 2.33. The van der Waals surface area contributed by atoms with E-state index in [1.54, 1.807) is 0 Å². The fourth-order valence-electron chi connectivity index (χ4n) is 1.43. The van der Waals surface area contributed by atoms with E-state index in [9.17, 15) is 0 Å². The first-order valence-corrected chi connectivity index (χ1v) is 4.60. The highest BCUT2D eigenvalue weighted by Crippen LogP contribution is 2.13. The number of hydrogen-bond donors (Lipinski definition) is 1. The molecule has 0 radical (unpaired) electrons. The molecule has 1 atom stereocenters. The minimum absolute atomic E-state index is 0.386. The smallest absolute Gasteiger partial charge is 0.0643 e. The number of nitrogens with zero attached hydrogens (tertiary/aromatic N) is 1. The van der Waals surface area contributed by atoms with Gasteiger partial charge in [-0.2, -0.15) is 0 Å². The molecule has 0 aromatic carbocycles. The molecule has 2 rings (SSSR count). The molecule has 1 saturated heterocycles. The predicted octanol–water partition coefficient (Wildman–Crippen LogP) is 1.13. The number of aromatic nitrogens is 1. The van der Waals surface area contributed by atoms with Crippen molar-refractivity contribution in [3.8, 4) is 0 Å². The van der Waals surface area contributed by atoms with Gasteiger partial charge in [-0.05, 0) is 24.6 Å². The maximum Gasteiger partial charge on any atom is 0.0643 e. The van der Waals surface area contributed by atoms with E-state index in [1.807, 2.05) is 24.5 Å². The Labute approximate surface area is 78.1 Å². The van der Waals surface area contributed by atoms with Gasteiger partial charge in [0.2, 0.25) is 0 Å². The highest BCUT2D eigenvalue weighted by molar-refractivity contribution is 5.14. The molecule has 1 N–H and O–H groups in total. The first-order chi connectivity index (χ1) is 6.36. The first kappa shape index (κ1) is 8.66. The van der Waals surface area contributed by atoms with Crippen LogP contribution in [0.3, 0.4) is 0 Å². The monoisotopic (exact) mass is 178 g/mol.